The summed E-state index contributed by atoms with van der Waals surface area (Å²) in [5.74, 6) is -0.274. The number of hydrogen-bond acceptors (Lipinski definition) is 3. The Labute approximate surface area is 127 Å². The van der Waals surface area contributed by atoms with Crippen molar-refractivity contribution in [3.63, 3.8) is 0 Å². The molecule has 0 radical (unpaired) electrons. The molecule has 0 aromatic heterocycles. The summed E-state index contributed by atoms with van der Waals surface area (Å²) in [7, 11) is 0. The molecule has 1 aromatic carbocycles. The van der Waals surface area contributed by atoms with Crippen LogP contribution in [0.1, 0.15) is 68.7 Å². The van der Waals surface area contributed by atoms with Gasteiger partial charge in [-0.25, -0.2) is 4.79 Å². The minimum Gasteiger partial charge on any atom is -0.462 e. The second-order valence-corrected chi connectivity index (χ2v) is 7.60. The molecule has 0 unspecified atom stereocenters. The monoisotopic (exact) mass is 290 g/mol. The van der Waals surface area contributed by atoms with E-state index in [9.17, 15) is 9.59 Å². The number of ether oxygens (including phenoxy) is 1. The third-order valence-corrected chi connectivity index (χ3v) is 3.15. The lowest BCUT2D eigenvalue weighted by Gasteiger charge is -2.18. The van der Waals surface area contributed by atoms with Gasteiger partial charge in [0.15, 0.2) is 5.78 Å². The molecule has 21 heavy (non-hydrogen) atoms. The Balaban J connectivity index is 2.66. The molecule has 1 rings (SSSR count). The van der Waals surface area contributed by atoms with E-state index >= 15 is 0 Å². The SMILES string of the molecule is CC(C)(C)CCOC(=O)c1ccc(C(=O)C(C)(C)C)cc1. The van der Waals surface area contributed by atoms with Gasteiger partial charge in [0.05, 0.1) is 12.2 Å². The van der Waals surface area contributed by atoms with Crippen LogP contribution in [0.15, 0.2) is 24.3 Å². The average Bonchev–Trinajstić information content (AvgIpc) is 2.35. The van der Waals surface area contributed by atoms with Crippen LogP contribution in [0.2, 0.25) is 0 Å². The Kier molecular flexibility index (Phi) is 5.32. The smallest absolute Gasteiger partial charge is 0.338 e. The van der Waals surface area contributed by atoms with E-state index < -0.39 is 5.41 Å². The van der Waals surface area contributed by atoms with Crippen molar-refractivity contribution >= 4 is 11.8 Å². The largest absolute Gasteiger partial charge is 0.462 e. The first-order chi connectivity index (χ1) is 9.50. The highest BCUT2D eigenvalue weighted by Gasteiger charge is 2.23. The molecule has 0 atom stereocenters. The summed E-state index contributed by atoms with van der Waals surface area (Å²) in [6.45, 7) is 12.4. The van der Waals surface area contributed by atoms with Crippen LogP contribution in [0.5, 0.6) is 0 Å². The number of benzene rings is 1. The fourth-order valence-electron chi connectivity index (χ4n) is 1.72. The van der Waals surface area contributed by atoms with Crippen molar-refractivity contribution in [2.75, 3.05) is 6.61 Å². The first-order valence-corrected chi connectivity index (χ1v) is 7.33. The van der Waals surface area contributed by atoms with E-state index in [4.69, 9.17) is 4.74 Å². The van der Waals surface area contributed by atoms with Gasteiger partial charge in [0.2, 0.25) is 0 Å². The number of carbonyl (C=O) groups is 2. The quantitative estimate of drug-likeness (QED) is 0.605. The van der Waals surface area contributed by atoms with Gasteiger partial charge in [-0.3, -0.25) is 4.79 Å². The summed E-state index contributed by atoms with van der Waals surface area (Å²) in [5.41, 5.74) is 0.820. The fourth-order valence-corrected chi connectivity index (χ4v) is 1.72. The van der Waals surface area contributed by atoms with Crippen LogP contribution in [-0.2, 0) is 4.74 Å². The predicted molar refractivity (Wildman–Crippen MR) is 84.6 cm³/mol. The molecular formula is C18H26O3. The molecule has 0 aliphatic rings. The van der Waals surface area contributed by atoms with Crippen LogP contribution in [0.25, 0.3) is 0 Å². The molecule has 1 aromatic rings. The van der Waals surface area contributed by atoms with Crippen molar-refractivity contribution in [1.29, 1.82) is 0 Å². The zero-order valence-electron chi connectivity index (χ0n) is 13.9. The van der Waals surface area contributed by atoms with Gasteiger partial charge >= 0.3 is 5.97 Å². The van der Waals surface area contributed by atoms with Gasteiger partial charge in [0.1, 0.15) is 0 Å². The fraction of sp³-hybridized carbons (Fsp3) is 0.556. The zero-order valence-corrected chi connectivity index (χ0v) is 13.9. The van der Waals surface area contributed by atoms with E-state index in [0.29, 0.717) is 17.7 Å². The third-order valence-electron chi connectivity index (χ3n) is 3.15. The minimum atomic E-state index is -0.422. The molecule has 0 aliphatic heterocycles. The van der Waals surface area contributed by atoms with E-state index in [0.717, 1.165) is 6.42 Å². The van der Waals surface area contributed by atoms with Crippen molar-refractivity contribution in [3.8, 4) is 0 Å². The number of carbonyl (C=O) groups excluding carboxylic acids is 2. The van der Waals surface area contributed by atoms with Crippen molar-refractivity contribution in [3.05, 3.63) is 35.4 Å². The maximum absolute atomic E-state index is 12.1. The Morgan fingerprint density at radius 1 is 0.905 bits per heavy atom. The van der Waals surface area contributed by atoms with E-state index in [2.05, 4.69) is 20.8 Å². The van der Waals surface area contributed by atoms with Crippen molar-refractivity contribution in [2.45, 2.75) is 48.0 Å². The second-order valence-electron chi connectivity index (χ2n) is 7.60. The lowest BCUT2D eigenvalue weighted by atomic mass is 9.86. The topological polar surface area (TPSA) is 43.4 Å². The Hall–Kier alpha value is -1.64. The molecule has 3 heteroatoms. The van der Waals surface area contributed by atoms with Crippen molar-refractivity contribution in [1.82, 2.24) is 0 Å². The van der Waals surface area contributed by atoms with E-state index in [1.807, 2.05) is 20.8 Å². The third kappa shape index (κ3) is 5.70. The van der Waals surface area contributed by atoms with Crippen LogP contribution in [-0.4, -0.2) is 18.4 Å². The summed E-state index contributed by atoms with van der Waals surface area (Å²) >= 11 is 0. The lowest BCUT2D eigenvalue weighted by Crippen LogP contribution is -2.20. The molecule has 0 aliphatic carbocycles. The molecule has 3 nitrogen and oxygen atoms in total. The van der Waals surface area contributed by atoms with Gasteiger partial charge in [-0.05, 0) is 24.0 Å². The van der Waals surface area contributed by atoms with Crippen LogP contribution in [0.3, 0.4) is 0 Å². The highest BCUT2D eigenvalue weighted by atomic mass is 16.5. The van der Waals surface area contributed by atoms with Crippen molar-refractivity contribution < 1.29 is 14.3 Å². The molecule has 116 valence electrons. The summed E-state index contributed by atoms with van der Waals surface area (Å²) in [6.07, 6.45) is 0.819. The maximum Gasteiger partial charge on any atom is 0.338 e. The van der Waals surface area contributed by atoms with Gasteiger partial charge in [-0.2, -0.15) is 0 Å². The molecule has 0 N–H and O–H groups in total. The highest BCUT2D eigenvalue weighted by Crippen LogP contribution is 2.21. The first kappa shape index (κ1) is 17.4. The van der Waals surface area contributed by atoms with Gasteiger partial charge in [-0.15, -0.1) is 0 Å². The minimum absolute atomic E-state index is 0.0650. The number of hydrogen-bond donors (Lipinski definition) is 0. The molecule has 0 fully saturated rings. The van der Waals surface area contributed by atoms with E-state index in [1.54, 1.807) is 24.3 Å². The first-order valence-electron chi connectivity index (χ1n) is 7.33. The van der Waals surface area contributed by atoms with Crippen molar-refractivity contribution in [2.24, 2.45) is 10.8 Å². The number of rotatable bonds is 4. The molecule has 0 amide bonds. The normalized spacial score (nSPS) is 12.1. The summed E-state index contributed by atoms with van der Waals surface area (Å²) in [5, 5.41) is 0. The molecular weight excluding hydrogens is 264 g/mol. The van der Waals surface area contributed by atoms with Gasteiger partial charge in [0, 0.05) is 11.0 Å². The van der Waals surface area contributed by atoms with Crippen LogP contribution < -0.4 is 0 Å². The molecule has 0 heterocycles. The number of esters is 1. The summed E-state index contributed by atoms with van der Waals surface area (Å²) in [6, 6.07) is 6.68. The lowest BCUT2D eigenvalue weighted by molar-refractivity contribution is 0.0464. The Morgan fingerprint density at radius 3 is 1.81 bits per heavy atom. The molecule has 0 bridgehead atoms. The maximum atomic E-state index is 12.1. The predicted octanol–water partition coefficient (Wildman–Crippen LogP) is 4.51. The average molecular weight is 290 g/mol. The highest BCUT2D eigenvalue weighted by molar-refractivity contribution is 6.00. The zero-order chi connectivity index (χ0) is 16.3. The Morgan fingerprint density at radius 2 is 1.38 bits per heavy atom. The molecule has 0 spiro atoms. The standard InChI is InChI=1S/C18H26O3/c1-17(2,3)11-12-21-16(20)14-9-7-13(8-10-14)15(19)18(4,5)6/h7-10H,11-12H2,1-6H3. The summed E-state index contributed by atoms with van der Waals surface area (Å²) in [4.78, 5) is 24.0. The number of ketones is 1. The van der Waals surface area contributed by atoms with Gasteiger partial charge < -0.3 is 4.74 Å². The van der Waals surface area contributed by atoms with E-state index in [-0.39, 0.29) is 17.2 Å². The second kappa shape index (κ2) is 6.42. The summed E-state index contributed by atoms with van der Waals surface area (Å²) < 4.78 is 5.25. The Bertz CT molecular complexity index is 499. The molecule has 0 saturated heterocycles. The van der Waals surface area contributed by atoms with Gasteiger partial charge in [-0.1, -0.05) is 53.7 Å². The van der Waals surface area contributed by atoms with Crippen LogP contribution in [0, 0.1) is 10.8 Å². The van der Waals surface area contributed by atoms with Gasteiger partial charge in [0.25, 0.3) is 0 Å². The number of Topliss-reactive ketones (excluding diaryl/α,β-unsaturated/α-hetero) is 1. The molecule has 0 saturated carbocycles. The van der Waals surface area contributed by atoms with Crippen LogP contribution in [0.4, 0.5) is 0 Å². The van der Waals surface area contributed by atoms with E-state index in [1.165, 1.54) is 0 Å². The van der Waals surface area contributed by atoms with Crippen LogP contribution >= 0.6 is 0 Å².